The molecule has 12 heteroatoms. The highest BCUT2D eigenvalue weighted by atomic mass is 32.2. The number of unbranched alkanes of at least 4 members (excludes halogenated alkanes) is 2. The summed E-state index contributed by atoms with van der Waals surface area (Å²) in [5.74, 6) is 0.912. The van der Waals surface area contributed by atoms with Crippen molar-refractivity contribution < 1.29 is 18.0 Å². The van der Waals surface area contributed by atoms with Crippen LogP contribution in [-0.4, -0.2) is 48.1 Å². The molecule has 0 fully saturated rings. The number of pyridine rings is 1. The van der Waals surface area contributed by atoms with Gasteiger partial charge >= 0.3 is 12.1 Å². The quantitative estimate of drug-likeness (QED) is 0.123. The molecule has 0 unspecified atom stereocenters. The van der Waals surface area contributed by atoms with Gasteiger partial charge in [0.1, 0.15) is 11.3 Å². The van der Waals surface area contributed by atoms with E-state index in [0.29, 0.717) is 47.7 Å². The number of sulfonamides is 1. The van der Waals surface area contributed by atoms with E-state index in [1.165, 1.54) is 6.07 Å². The molecule has 2 aromatic carbocycles. The Kier molecular flexibility index (Phi) is 11.5. The van der Waals surface area contributed by atoms with E-state index >= 15 is 0 Å². The second kappa shape index (κ2) is 15.5. The summed E-state index contributed by atoms with van der Waals surface area (Å²) in [5, 5.41) is 8.29. The number of urea groups is 2. The Morgan fingerprint density at radius 3 is 2.27 bits per heavy atom. The van der Waals surface area contributed by atoms with Crippen molar-refractivity contribution in [2.24, 2.45) is 0 Å². The SMILES string of the molecule is CCCCNC(=O)NS(=O)(=O)c1ccccc1-c1ccc(Cn2c(CCCC)nc3cc(NC(=O)NCCC)c(C)nc32)cc1. The largest absolute Gasteiger partial charge is 0.338 e. The molecule has 4 aromatic rings. The van der Waals surface area contributed by atoms with E-state index in [1.54, 1.807) is 18.2 Å². The first-order valence-corrected chi connectivity index (χ1v) is 17.1. The number of imidazole rings is 1. The van der Waals surface area contributed by atoms with Crippen LogP contribution < -0.4 is 20.7 Å². The number of nitrogens with zero attached hydrogens (tertiary/aromatic N) is 3. The Balaban J connectivity index is 1.60. The van der Waals surface area contributed by atoms with Crippen LogP contribution in [0.5, 0.6) is 0 Å². The predicted molar refractivity (Wildman–Crippen MR) is 178 cm³/mol. The fourth-order valence-electron chi connectivity index (χ4n) is 4.91. The van der Waals surface area contributed by atoms with Crippen molar-refractivity contribution in [2.75, 3.05) is 18.4 Å². The molecule has 2 heterocycles. The Morgan fingerprint density at radius 2 is 1.56 bits per heavy atom. The Bertz CT molecular complexity index is 1730. The lowest BCUT2D eigenvalue weighted by atomic mass is 10.0. The summed E-state index contributed by atoms with van der Waals surface area (Å²) in [6, 6.07) is 15.2. The van der Waals surface area contributed by atoms with E-state index in [2.05, 4.69) is 32.2 Å². The Labute approximate surface area is 265 Å². The zero-order valence-corrected chi connectivity index (χ0v) is 27.3. The summed E-state index contributed by atoms with van der Waals surface area (Å²) in [7, 11) is -4.10. The number of fused-ring (bicyclic) bond motifs is 1. The zero-order valence-electron chi connectivity index (χ0n) is 26.4. The van der Waals surface area contributed by atoms with Gasteiger partial charge in [0.05, 0.1) is 22.8 Å². The van der Waals surface area contributed by atoms with E-state index in [4.69, 9.17) is 9.97 Å². The molecule has 0 saturated heterocycles. The minimum atomic E-state index is -4.10. The van der Waals surface area contributed by atoms with Crippen molar-refractivity contribution in [1.82, 2.24) is 29.9 Å². The van der Waals surface area contributed by atoms with Crippen molar-refractivity contribution >= 4 is 38.9 Å². The average molecular weight is 634 g/mol. The molecule has 0 atom stereocenters. The van der Waals surface area contributed by atoms with Crippen LogP contribution in [0.2, 0.25) is 0 Å². The molecule has 240 valence electrons. The minimum Gasteiger partial charge on any atom is -0.338 e. The summed E-state index contributed by atoms with van der Waals surface area (Å²) in [5.41, 5.74) is 4.95. The first-order chi connectivity index (χ1) is 21.7. The lowest BCUT2D eigenvalue weighted by Gasteiger charge is -2.14. The third kappa shape index (κ3) is 8.59. The summed E-state index contributed by atoms with van der Waals surface area (Å²) < 4.78 is 30.5. The van der Waals surface area contributed by atoms with Gasteiger partial charge in [-0.25, -0.2) is 32.7 Å². The van der Waals surface area contributed by atoms with Crippen LogP contribution in [0.3, 0.4) is 0 Å². The number of rotatable bonds is 14. The predicted octanol–water partition coefficient (Wildman–Crippen LogP) is 6.12. The molecule has 0 spiro atoms. The molecular formula is C33H43N7O4S. The second-order valence-electron chi connectivity index (χ2n) is 11.0. The number of hydrogen-bond acceptors (Lipinski definition) is 6. The monoisotopic (exact) mass is 633 g/mol. The molecule has 2 aromatic heterocycles. The number of aryl methyl sites for hydroxylation is 2. The lowest BCUT2D eigenvalue weighted by molar-refractivity contribution is 0.245. The highest BCUT2D eigenvalue weighted by Gasteiger charge is 2.22. The molecule has 45 heavy (non-hydrogen) atoms. The van der Waals surface area contributed by atoms with Crippen molar-refractivity contribution in [3.63, 3.8) is 0 Å². The van der Waals surface area contributed by atoms with Crippen LogP contribution in [0.1, 0.15) is 70.0 Å². The van der Waals surface area contributed by atoms with Crippen LogP contribution in [0, 0.1) is 6.92 Å². The number of carbonyl (C=O) groups is 2. The number of carbonyl (C=O) groups excluding carboxylic acids is 2. The molecule has 0 aliphatic rings. The number of hydrogen-bond donors (Lipinski definition) is 4. The fourth-order valence-corrected chi connectivity index (χ4v) is 6.07. The van der Waals surface area contributed by atoms with E-state index in [0.717, 1.165) is 55.6 Å². The van der Waals surface area contributed by atoms with Crippen LogP contribution in [0.25, 0.3) is 22.3 Å². The third-order valence-electron chi connectivity index (χ3n) is 7.35. The van der Waals surface area contributed by atoms with Crippen molar-refractivity contribution in [3.8, 4) is 11.1 Å². The molecule has 4 rings (SSSR count). The molecule has 0 radical (unpaired) electrons. The third-order valence-corrected chi connectivity index (χ3v) is 8.74. The average Bonchev–Trinajstić information content (AvgIpc) is 3.34. The molecule has 0 aliphatic heterocycles. The molecule has 4 N–H and O–H groups in total. The second-order valence-corrected chi connectivity index (χ2v) is 12.6. The summed E-state index contributed by atoms with van der Waals surface area (Å²) in [6.07, 6.45) is 5.27. The fraction of sp³-hybridized carbons (Fsp3) is 0.394. The normalized spacial score (nSPS) is 11.4. The summed E-state index contributed by atoms with van der Waals surface area (Å²) in [6.45, 7) is 9.49. The van der Waals surface area contributed by atoms with Gasteiger partial charge in [0.25, 0.3) is 10.0 Å². The molecule has 4 amide bonds. The van der Waals surface area contributed by atoms with Gasteiger partial charge < -0.3 is 20.5 Å². The van der Waals surface area contributed by atoms with Gasteiger partial charge in [-0.3, -0.25) is 0 Å². The summed E-state index contributed by atoms with van der Waals surface area (Å²) >= 11 is 0. The van der Waals surface area contributed by atoms with Gasteiger partial charge in [-0.05, 0) is 49.4 Å². The highest BCUT2D eigenvalue weighted by molar-refractivity contribution is 7.90. The molecular weight excluding hydrogens is 590 g/mol. The van der Waals surface area contributed by atoms with Crippen LogP contribution >= 0.6 is 0 Å². The zero-order chi connectivity index (χ0) is 32.4. The maximum Gasteiger partial charge on any atom is 0.328 e. The molecule has 0 bridgehead atoms. The molecule has 0 aliphatic carbocycles. The number of anilines is 1. The number of nitrogens with one attached hydrogen (secondary N) is 4. The van der Waals surface area contributed by atoms with Gasteiger partial charge in [-0.1, -0.05) is 76.1 Å². The smallest absolute Gasteiger partial charge is 0.328 e. The van der Waals surface area contributed by atoms with Crippen molar-refractivity contribution in [2.45, 2.75) is 77.7 Å². The molecule has 11 nitrogen and oxygen atoms in total. The topological polar surface area (TPSA) is 147 Å². The first kappa shape index (κ1) is 33.4. The van der Waals surface area contributed by atoms with Gasteiger partial charge in [-0.2, -0.15) is 0 Å². The lowest BCUT2D eigenvalue weighted by Crippen LogP contribution is -2.39. The first-order valence-electron chi connectivity index (χ1n) is 15.6. The Hall–Kier alpha value is -4.45. The van der Waals surface area contributed by atoms with Gasteiger partial charge in [0, 0.05) is 25.1 Å². The van der Waals surface area contributed by atoms with Crippen LogP contribution in [-0.2, 0) is 23.0 Å². The minimum absolute atomic E-state index is 0.0262. The maximum atomic E-state index is 13.1. The maximum absolute atomic E-state index is 13.1. The number of aromatic nitrogens is 3. The van der Waals surface area contributed by atoms with E-state index in [9.17, 15) is 18.0 Å². The van der Waals surface area contributed by atoms with Gasteiger partial charge in [0.2, 0.25) is 0 Å². The van der Waals surface area contributed by atoms with Crippen LogP contribution in [0.15, 0.2) is 59.5 Å². The number of benzene rings is 2. The van der Waals surface area contributed by atoms with Crippen molar-refractivity contribution in [3.05, 3.63) is 71.7 Å². The van der Waals surface area contributed by atoms with Gasteiger partial charge in [0.15, 0.2) is 5.65 Å². The van der Waals surface area contributed by atoms with E-state index in [1.807, 2.05) is 51.1 Å². The van der Waals surface area contributed by atoms with Gasteiger partial charge in [-0.15, -0.1) is 0 Å². The standard InChI is InChI=1S/C33H43N7O4S/c1-5-8-14-30-37-28-21-27(38-32(41)34-19-7-3)23(4)36-31(28)40(30)22-24-15-17-25(18-16-24)26-12-10-11-13-29(26)45(43,44)39-33(42)35-20-9-6-2/h10-13,15-18,21H,5-9,14,19-20,22H2,1-4H3,(H2,34,38,41)(H2,35,39,42). The summed E-state index contributed by atoms with van der Waals surface area (Å²) in [4.78, 5) is 34.3. The van der Waals surface area contributed by atoms with Crippen LogP contribution in [0.4, 0.5) is 15.3 Å². The van der Waals surface area contributed by atoms with Crippen molar-refractivity contribution in [1.29, 1.82) is 0 Å². The number of amides is 4. The van der Waals surface area contributed by atoms with E-state index in [-0.39, 0.29) is 10.9 Å². The Morgan fingerprint density at radius 1 is 0.844 bits per heavy atom. The molecule has 0 saturated carbocycles. The van der Waals surface area contributed by atoms with E-state index < -0.39 is 16.1 Å². The highest BCUT2D eigenvalue weighted by Crippen LogP contribution is 2.29.